The monoisotopic (exact) mass is 396 g/mol. The number of H-pyrrole nitrogens is 1. The van der Waals surface area contributed by atoms with Crippen LogP contribution < -0.4 is 15.5 Å². The number of pyridine rings is 1. The van der Waals surface area contributed by atoms with Crippen LogP contribution in [0.25, 0.3) is 10.9 Å². The van der Waals surface area contributed by atoms with Gasteiger partial charge >= 0.3 is 0 Å². The number of carbonyl (C=O) groups excluding carboxylic acids is 1. The van der Waals surface area contributed by atoms with E-state index >= 15 is 0 Å². The largest absolute Gasteiger partial charge is 0.492 e. The summed E-state index contributed by atoms with van der Waals surface area (Å²) in [4.78, 5) is 28.0. The molecule has 0 saturated carbocycles. The summed E-state index contributed by atoms with van der Waals surface area (Å²) >= 11 is 1.46. The molecule has 3 aromatic rings. The maximum Gasteiger partial charge on any atom is 0.234 e. The maximum absolute atomic E-state index is 12.4. The van der Waals surface area contributed by atoms with Gasteiger partial charge in [-0.25, -0.2) is 0 Å². The molecule has 0 aliphatic heterocycles. The van der Waals surface area contributed by atoms with Gasteiger partial charge in [0.25, 0.3) is 0 Å². The van der Waals surface area contributed by atoms with Gasteiger partial charge in [-0.3, -0.25) is 9.59 Å². The number of aryl methyl sites for hydroxylation is 2. The molecule has 1 amide bonds. The Hall–Kier alpha value is -2.73. The summed E-state index contributed by atoms with van der Waals surface area (Å²) in [5.41, 5.74) is 4.42. The second-order valence-electron chi connectivity index (χ2n) is 6.63. The van der Waals surface area contributed by atoms with Crippen LogP contribution in [0.3, 0.4) is 0 Å². The van der Waals surface area contributed by atoms with Gasteiger partial charge in [0.05, 0.1) is 23.6 Å². The molecular formula is C22H24N2O3S. The zero-order chi connectivity index (χ0) is 20.1. The first-order chi connectivity index (χ1) is 13.5. The topological polar surface area (TPSA) is 71.2 Å². The van der Waals surface area contributed by atoms with E-state index in [4.69, 9.17) is 4.74 Å². The normalized spacial score (nSPS) is 10.8. The summed E-state index contributed by atoms with van der Waals surface area (Å²) in [6, 6.07) is 13.0. The number of fused-ring (bicyclic) bond motifs is 1. The summed E-state index contributed by atoms with van der Waals surface area (Å²) in [5, 5.41) is 3.61. The lowest BCUT2D eigenvalue weighted by atomic mass is 10.1. The fourth-order valence-electron chi connectivity index (χ4n) is 3.20. The zero-order valence-corrected chi connectivity index (χ0v) is 17.1. The summed E-state index contributed by atoms with van der Waals surface area (Å²) in [6.07, 6.45) is 0. The average Bonchev–Trinajstić information content (AvgIpc) is 2.62. The van der Waals surface area contributed by atoms with Crippen molar-refractivity contribution in [1.29, 1.82) is 0 Å². The van der Waals surface area contributed by atoms with Crippen LogP contribution in [0.5, 0.6) is 5.75 Å². The Balaban J connectivity index is 1.64. The molecule has 0 bridgehead atoms. The minimum atomic E-state index is -0.105. The molecule has 5 nitrogen and oxygen atoms in total. The van der Waals surface area contributed by atoms with E-state index < -0.39 is 0 Å². The molecule has 2 N–H and O–H groups in total. The second-order valence-corrected chi connectivity index (χ2v) is 7.62. The standard InChI is InChI=1S/C22H24N2O3S/c1-4-27-20-8-6-5-7-17(20)24-21(26)13-28-12-16-11-19(25)22-15(3)9-14(2)10-18(22)23-16/h5-11H,4,12-13H2,1-3H3,(H,23,25)(H,24,26). The van der Waals surface area contributed by atoms with E-state index in [1.54, 1.807) is 6.07 Å². The van der Waals surface area contributed by atoms with Crippen molar-refractivity contribution in [1.82, 2.24) is 4.98 Å². The molecule has 6 heteroatoms. The summed E-state index contributed by atoms with van der Waals surface area (Å²) < 4.78 is 5.52. The highest BCUT2D eigenvalue weighted by molar-refractivity contribution is 7.99. The van der Waals surface area contributed by atoms with E-state index in [1.807, 2.05) is 57.2 Å². The van der Waals surface area contributed by atoms with Gasteiger partial charge < -0.3 is 15.0 Å². The highest BCUT2D eigenvalue weighted by Crippen LogP contribution is 2.24. The van der Waals surface area contributed by atoms with E-state index in [-0.39, 0.29) is 17.1 Å². The first-order valence-corrected chi connectivity index (χ1v) is 10.4. The predicted molar refractivity (Wildman–Crippen MR) is 116 cm³/mol. The van der Waals surface area contributed by atoms with Gasteiger partial charge in [-0.1, -0.05) is 18.2 Å². The maximum atomic E-state index is 12.4. The molecule has 0 atom stereocenters. The van der Waals surface area contributed by atoms with Crippen molar-refractivity contribution in [3.8, 4) is 5.75 Å². The number of para-hydroxylation sites is 2. The van der Waals surface area contributed by atoms with Crippen LogP contribution in [0.4, 0.5) is 5.69 Å². The third-order valence-corrected chi connectivity index (χ3v) is 5.26. The van der Waals surface area contributed by atoms with Crippen LogP contribution in [-0.4, -0.2) is 23.3 Å². The Morgan fingerprint density at radius 2 is 1.96 bits per heavy atom. The lowest BCUT2D eigenvalue weighted by Gasteiger charge is -2.11. The highest BCUT2D eigenvalue weighted by Gasteiger charge is 2.09. The molecule has 3 rings (SSSR count). The van der Waals surface area contributed by atoms with Crippen LogP contribution in [0.2, 0.25) is 0 Å². The second kappa shape index (κ2) is 8.97. The summed E-state index contributed by atoms with van der Waals surface area (Å²) in [6.45, 7) is 6.40. The number of hydrogen-bond donors (Lipinski definition) is 2. The van der Waals surface area contributed by atoms with Crippen LogP contribution >= 0.6 is 11.8 Å². The lowest BCUT2D eigenvalue weighted by Crippen LogP contribution is -2.15. The highest BCUT2D eigenvalue weighted by atomic mass is 32.2. The fraction of sp³-hybridized carbons (Fsp3) is 0.273. The van der Waals surface area contributed by atoms with Crippen molar-refractivity contribution < 1.29 is 9.53 Å². The van der Waals surface area contributed by atoms with Crippen molar-refractivity contribution in [2.75, 3.05) is 17.7 Å². The fourth-order valence-corrected chi connectivity index (χ4v) is 3.94. The van der Waals surface area contributed by atoms with Gasteiger partial charge in [0, 0.05) is 22.9 Å². The van der Waals surface area contributed by atoms with E-state index in [2.05, 4.69) is 10.3 Å². The van der Waals surface area contributed by atoms with E-state index in [1.165, 1.54) is 11.8 Å². The molecule has 28 heavy (non-hydrogen) atoms. The number of thioether (sulfide) groups is 1. The number of ether oxygens (including phenoxy) is 1. The molecule has 2 aromatic carbocycles. The minimum absolute atomic E-state index is 0.0111. The quantitative estimate of drug-likeness (QED) is 0.620. The molecule has 1 heterocycles. The molecule has 1 aromatic heterocycles. The Kier molecular flexibility index (Phi) is 6.41. The van der Waals surface area contributed by atoms with Crippen LogP contribution in [0, 0.1) is 13.8 Å². The number of aromatic nitrogens is 1. The van der Waals surface area contributed by atoms with Crippen molar-refractivity contribution in [2.24, 2.45) is 0 Å². The van der Waals surface area contributed by atoms with Crippen molar-refractivity contribution in [3.63, 3.8) is 0 Å². The molecule has 0 spiro atoms. The summed E-state index contributed by atoms with van der Waals surface area (Å²) in [7, 11) is 0. The van der Waals surface area contributed by atoms with Gasteiger partial charge in [0.15, 0.2) is 5.43 Å². The number of rotatable bonds is 7. The average molecular weight is 397 g/mol. The van der Waals surface area contributed by atoms with Crippen molar-refractivity contribution in [2.45, 2.75) is 26.5 Å². The van der Waals surface area contributed by atoms with E-state index in [0.717, 1.165) is 27.7 Å². The Morgan fingerprint density at radius 3 is 2.75 bits per heavy atom. The Labute approximate surface area is 168 Å². The number of benzene rings is 2. The number of hydrogen-bond acceptors (Lipinski definition) is 4. The van der Waals surface area contributed by atoms with Crippen LogP contribution in [0.1, 0.15) is 23.7 Å². The Morgan fingerprint density at radius 1 is 1.18 bits per heavy atom. The Bertz CT molecular complexity index is 1060. The first kappa shape index (κ1) is 20.0. The molecule has 0 aliphatic rings. The predicted octanol–water partition coefficient (Wildman–Crippen LogP) is 4.42. The molecule has 0 unspecified atom stereocenters. The molecular weight excluding hydrogens is 372 g/mol. The molecule has 0 radical (unpaired) electrons. The number of nitrogens with one attached hydrogen (secondary N) is 2. The number of anilines is 1. The number of aromatic amines is 1. The van der Waals surface area contributed by atoms with Gasteiger partial charge in [-0.15, -0.1) is 11.8 Å². The lowest BCUT2D eigenvalue weighted by molar-refractivity contribution is -0.113. The zero-order valence-electron chi connectivity index (χ0n) is 16.3. The number of amides is 1. The molecule has 0 saturated heterocycles. The van der Waals surface area contributed by atoms with Crippen LogP contribution in [-0.2, 0) is 10.5 Å². The molecule has 0 fully saturated rings. The smallest absolute Gasteiger partial charge is 0.234 e. The van der Waals surface area contributed by atoms with Gasteiger partial charge in [0.1, 0.15) is 5.75 Å². The first-order valence-electron chi connectivity index (χ1n) is 9.20. The van der Waals surface area contributed by atoms with Crippen molar-refractivity contribution >= 4 is 34.3 Å². The van der Waals surface area contributed by atoms with Gasteiger partial charge in [-0.2, -0.15) is 0 Å². The molecule has 146 valence electrons. The molecule has 0 aliphatic carbocycles. The van der Waals surface area contributed by atoms with Crippen molar-refractivity contribution in [3.05, 3.63) is 69.5 Å². The third-order valence-electron chi connectivity index (χ3n) is 4.28. The van der Waals surface area contributed by atoms with Gasteiger partial charge in [-0.05, 0) is 50.1 Å². The SMILES string of the molecule is CCOc1ccccc1NC(=O)CSCc1cc(=O)c2c(C)cc(C)cc2[nH]1. The summed E-state index contributed by atoms with van der Waals surface area (Å²) in [5.74, 6) is 1.39. The van der Waals surface area contributed by atoms with E-state index in [0.29, 0.717) is 23.8 Å². The van der Waals surface area contributed by atoms with Gasteiger partial charge in [0.2, 0.25) is 5.91 Å². The van der Waals surface area contributed by atoms with Crippen LogP contribution in [0.15, 0.2) is 47.3 Å². The third kappa shape index (κ3) is 4.75. The number of carbonyl (C=O) groups is 1. The van der Waals surface area contributed by atoms with E-state index in [9.17, 15) is 9.59 Å². The minimum Gasteiger partial charge on any atom is -0.492 e.